The highest BCUT2D eigenvalue weighted by molar-refractivity contribution is 6.45. The Bertz CT molecular complexity index is 858. The zero-order valence-electron chi connectivity index (χ0n) is 17.5. The van der Waals surface area contributed by atoms with Crippen LogP contribution in [0, 0.1) is 0 Å². The summed E-state index contributed by atoms with van der Waals surface area (Å²) in [6, 6.07) is 14.7. The van der Waals surface area contributed by atoms with Gasteiger partial charge in [0.2, 0.25) is 0 Å². The van der Waals surface area contributed by atoms with Crippen molar-refractivity contribution in [3.05, 3.63) is 70.8 Å². The molecule has 0 aromatic heterocycles. The monoisotopic (exact) mass is 409 g/mol. The Morgan fingerprint density at radius 2 is 1.67 bits per heavy atom. The van der Waals surface area contributed by atoms with Crippen LogP contribution >= 0.6 is 0 Å². The maximum atomic E-state index is 12.4. The number of aliphatic hydroxyl groups excluding tert-OH is 1. The van der Waals surface area contributed by atoms with E-state index in [1.807, 2.05) is 16.9 Å². The molecule has 3 rings (SSSR count). The first kappa shape index (κ1) is 22.2. The van der Waals surface area contributed by atoms with Crippen molar-refractivity contribution >= 4 is 18.8 Å². The molecular formula is C23H28BNO5. The standard InChI is InChI=1S/C23H28BNO5/c1-24(29)25(20-13-18-5-3-4-6-19(18)14-20)15-21(26)11-12-22(27)16-7-9-17(10-8-16)23(28)30-2/h3-10,20-21,26,29H,11-15H2,1-2H3/t21-/m1/s1. The number of ketones is 1. The first-order chi connectivity index (χ1) is 14.4. The number of fused-ring (bicyclic) bond motifs is 1. The average Bonchev–Trinajstić information content (AvgIpc) is 3.18. The number of rotatable bonds is 9. The van der Waals surface area contributed by atoms with Crippen LogP contribution in [0.2, 0.25) is 6.82 Å². The summed E-state index contributed by atoms with van der Waals surface area (Å²) >= 11 is 0. The summed E-state index contributed by atoms with van der Waals surface area (Å²) in [6.45, 7) is 2.02. The van der Waals surface area contributed by atoms with Crippen LogP contribution in [0.5, 0.6) is 0 Å². The number of esters is 1. The molecule has 0 saturated carbocycles. The fourth-order valence-corrected chi connectivity index (χ4v) is 4.06. The lowest BCUT2D eigenvalue weighted by atomic mass is 9.81. The third-order valence-corrected chi connectivity index (χ3v) is 5.73. The minimum absolute atomic E-state index is 0.0951. The van der Waals surface area contributed by atoms with Crippen LogP contribution < -0.4 is 0 Å². The zero-order chi connectivity index (χ0) is 21.7. The minimum atomic E-state index is -0.721. The van der Waals surface area contributed by atoms with Gasteiger partial charge in [-0.3, -0.25) is 4.79 Å². The van der Waals surface area contributed by atoms with Gasteiger partial charge in [0.1, 0.15) is 0 Å². The summed E-state index contributed by atoms with van der Waals surface area (Å²) in [7, 11) is 0.629. The highest BCUT2D eigenvalue weighted by Gasteiger charge is 2.32. The molecule has 0 radical (unpaired) electrons. The van der Waals surface area contributed by atoms with Gasteiger partial charge in [-0.15, -0.1) is 0 Å². The van der Waals surface area contributed by atoms with Gasteiger partial charge in [0, 0.05) is 24.6 Å². The van der Waals surface area contributed by atoms with Crippen LogP contribution in [0.25, 0.3) is 0 Å². The van der Waals surface area contributed by atoms with Gasteiger partial charge in [0.05, 0.1) is 18.8 Å². The van der Waals surface area contributed by atoms with E-state index in [1.165, 1.54) is 18.2 Å². The van der Waals surface area contributed by atoms with Crippen LogP contribution in [0.1, 0.15) is 44.7 Å². The summed E-state index contributed by atoms with van der Waals surface area (Å²) in [5.74, 6) is -0.543. The molecule has 0 aliphatic heterocycles. The Hall–Kier alpha value is -2.48. The first-order valence-electron chi connectivity index (χ1n) is 10.3. The molecule has 1 atom stereocenters. The molecule has 158 valence electrons. The number of carbonyl (C=O) groups is 2. The molecule has 0 unspecified atom stereocenters. The Balaban J connectivity index is 1.53. The van der Waals surface area contributed by atoms with Crippen molar-refractivity contribution < 1.29 is 24.5 Å². The molecule has 1 aliphatic carbocycles. The normalized spacial score (nSPS) is 14.4. The smallest absolute Gasteiger partial charge is 0.376 e. The number of Topliss-reactive ketones (excluding diaryl/α,β-unsaturated/α-hetero) is 1. The molecule has 2 aromatic carbocycles. The maximum Gasteiger partial charge on any atom is 0.376 e. The van der Waals surface area contributed by atoms with Crippen molar-refractivity contribution in [2.75, 3.05) is 13.7 Å². The number of nitrogens with zero attached hydrogens (tertiary/aromatic N) is 1. The molecule has 1 aliphatic rings. The van der Waals surface area contributed by atoms with Crippen molar-refractivity contribution in [3.8, 4) is 0 Å². The lowest BCUT2D eigenvalue weighted by molar-refractivity contribution is 0.0600. The Labute approximate surface area is 177 Å². The van der Waals surface area contributed by atoms with Crippen LogP contribution in [0.15, 0.2) is 48.5 Å². The van der Waals surface area contributed by atoms with Crippen molar-refractivity contribution in [3.63, 3.8) is 0 Å². The van der Waals surface area contributed by atoms with E-state index in [1.54, 1.807) is 31.1 Å². The molecule has 0 saturated heterocycles. The van der Waals surface area contributed by atoms with Gasteiger partial charge in [0.15, 0.2) is 5.78 Å². The van der Waals surface area contributed by atoms with Gasteiger partial charge in [0.25, 0.3) is 0 Å². The van der Waals surface area contributed by atoms with E-state index in [-0.39, 0.29) is 18.2 Å². The molecular weight excluding hydrogens is 381 g/mol. The van der Waals surface area contributed by atoms with Crippen molar-refractivity contribution in [1.29, 1.82) is 0 Å². The molecule has 6 nitrogen and oxygen atoms in total. The number of methoxy groups -OCH3 is 1. The molecule has 2 N–H and O–H groups in total. The number of benzene rings is 2. The summed E-state index contributed by atoms with van der Waals surface area (Å²) < 4.78 is 4.65. The largest absolute Gasteiger partial charge is 0.465 e. The highest BCUT2D eigenvalue weighted by atomic mass is 16.5. The maximum absolute atomic E-state index is 12.4. The predicted molar refractivity (Wildman–Crippen MR) is 116 cm³/mol. The van der Waals surface area contributed by atoms with Crippen molar-refractivity contribution in [2.24, 2.45) is 0 Å². The molecule has 0 fully saturated rings. The fraction of sp³-hybridized carbons (Fsp3) is 0.391. The second-order valence-electron chi connectivity index (χ2n) is 7.84. The number of carbonyl (C=O) groups excluding carboxylic acids is 2. The fourth-order valence-electron chi connectivity index (χ4n) is 4.06. The van der Waals surface area contributed by atoms with Gasteiger partial charge < -0.3 is 19.7 Å². The second kappa shape index (κ2) is 10.0. The predicted octanol–water partition coefficient (Wildman–Crippen LogP) is 2.38. The molecule has 2 aromatic rings. The number of ether oxygens (including phenoxy) is 1. The lowest BCUT2D eigenvalue weighted by Crippen LogP contribution is -2.49. The van der Waals surface area contributed by atoms with Gasteiger partial charge in [-0.05, 0) is 49.3 Å². The average molecular weight is 409 g/mol. The van der Waals surface area contributed by atoms with E-state index >= 15 is 0 Å². The molecule has 0 amide bonds. The van der Waals surface area contributed by atoms with E-state index in [4.69, 9.17) is 0 Å². The van der Waals surface area contributed by atoms with E-state index in [0.29, 0.717) is 24.1 Å². The summed E-state index contributed by atoms with van der Waals surface area (Å²) in [5.41, 5.74) is 3.45. The molecule has 0 bridgehead atoms. The van der Waals surface area contributed by atoms with E-state index in [2.05, 4.69) is 16.9 Å². The van der Waals surface area contributed by atoms with Crippen LogP contribution in [-0.2, 0) is 17.6 Å². The van der Waals surface area contributed by atoms with E-state index < -0.39 is 19.1 Å². The Kier molecular flexibility index (Phi) is 7.42. The van der Waals surface area contributed by atoms with Crippen LogP contribution in [-0.4, -0.2) is 59.5 Å². The second-order valence-corrected chi connectivity index (χ2v) is 7.84. The van der Waals surface area contributed by atoms with E-state index in [0.717, 1.165) is 12.8 Å². The Morgan fingerprint density at radius 1 is 1.10 bits per heavy atom. The van der Waals surface area contributed by atoms with Crippen molar-refractivity contribution in [1.82, 2.24) is 4.81 Å². The summed E-state index contributed by atoms with van der Waals surface area (Å²) in [5, 5.41) is 20.8. The van der Waals surface area contributed by atoms with Gasteiger partial charge >= 0.3 is 13.0 Å². The molecule has 7 heteroatoms. The molecule has 0 spiro atoms. The molecule has 30 heavy (non-hydrogen) atoms. The lowest BCUT2D eigenvalue weighted by Gasteiger charge is -2.31. The van der Waals surface area contributed by atoms with Crippen molar-refractivity contribution in [2.45, 2.75) is 44.7 Å². The summed E-state index contributed by atoms with van der Waals surface area (Å²) in [6.07, 6.45) is 1.47. The van der Waals surface area contributed by atoms with Gasteiger partial charge in [-0.1, -0.05) is 36.4 Å². The SMILES string of the molecule is COC(=O)c1ccc(C(=O)CC[C@@H](O)CN(B(C)O)C2Cc3ccccc3C2)cc1. The summed E-state index contributed by atoms with van der Waals surface area (Å²) in [4.78, 5) is 25.8. The van der Waals surface area contributed by atoms with Crippen LogP contribution in [0.3, 0.4) is 0 Å². The number of hydrogen-bond acceptors (Lipinski definition) is 6. The quantitative estimate of drug-likeness (QED) is 0.376. The highest BCUT2D eigenvalue weighted by Crippen LogP contribution is 2.26. The number of hydrogen-bond donors (Lipinski definition) is 2. The minimum Gasteiger partial charge on any atom is -0.465 e. The third-order valence-electron chi connectivity index (χ3n) is 5.73. The number of aliphatic hydroxyl groups is 1. The first-order valence-corrected chi connectivity index (χ1v) is 10.3. The van der Waals surface area contributed by atoms with E-state index in [9.17, 15) is 19.7 Å². The van der Waals surface area contributed by atoms with Crippen LogP contribution in [0.4, 0.5) is 0 Å². The topological polar surface area (TPSA) is 87.1 Å². The van der Waals surface area contributed by atoms with Gasteiger partial charge in [-0.2, -0.15) is 0 Å². The van der Waals surface area contributed by atoms with Gasteiger partial charge in [-0.25, -0.2) is 4.79 Å². The third kappa shape index (κ3) is 5.36. The zero-order valence-corrected chi connectivity index (χ0v) is 17.5. The molecule has 0 heterocycles. The Morgan fingerprint density at radius 3 is 2.20 bits per heavy atom.